The van der Waals surface area contributed by atoms with E-state index in [0.717, 1.165) is 6.42 Å². The monoisotopic (exact) mass is 282 g/mol. The Kier molecular flexibility index (Phi) is 4.37. The number of nitrogens with one attached hydrogen (secondary N) is 2. The molecular formula is C15H23FN2O2. The summed E-state index contributed by atoms with van der Waals surface area (Å²) < 4.78 is 14.0. The summed E-state index contributed by atoms with van der Waals surface area (Å²) in [4.78, 5) is 22.7. The number of hydrogen-bond acceptors (Lipinski definition) is 3. The summed E-state index contributed by atoms with van der Waals surface area (Å²) in [6.45, 7) is 3.99. The van der Waals surface area contributed by atoms with Gasteiger partial charge in [0.15, 0.2) is 0 Å². The van der Waals surface area contributed by atoms with Gasteiger partial charge in [0.1, 0.15) is 11.9 Å². The van der Waals surface area contributed by atoms with Crippen molar-refractivity contribution < 1.29 is 16.8 Å². The highest BCUT2D eigenvalue weighted by molar-refractivity contribution is 6.01. The van der Waals surface area contributed by atoms with Gasteiger partial charge in [0, 0.05) is 15.0 Å². The summed E-state index contributed by atoms with van der Waals surface area (Å²) in [6, 6.07) is 4.44. The highest BCUT2D eigenvalue weighted by Crippen LogP contribution is 2.25. The minimum Gasteiger partial charge on any atom is -0.374 e. The first kappa shape index (κ1) is 14.5. The predicted octanol–water partition coefficient (Wildman–Crippen LogP) is 3.05. The number of piperidine rings is 1. The lowest BCUT2D eigenvalue weighted by molar-refractivity contribution is -0.133. The molecule has 2 unspecified atom stereocenters. The first-order chi connectivity index (χ1) is 9.51. The smallest absolute Gasteiger partial charge is 0.249 e. The van der Waals surface area contributed by atoms with E-state index in [1.807, 2.05) is 13.8 Å². The molecule has 0 saturated carbocycles. The summed E-state index contributed by atoms with van der Waals surface area (Å²) in [5.41, 5.74) is 1.24. The minimum atomic E-state index is -0.485. The molecule has 2 atom stereocenters. The molecule has 1 saturated heterocycles. The summed E-state index contributed by atoms with van der Waals surface area (Å²) in [5, 5.41) is 5.24. The van der Waals surface area contributed by atoms with Crippen LogP contribution in [0.1, 0.15) is 47.4 Å². The van der Waals surface area contributed by atoms with Crippen LogP contribution in [0.5, 0.6) is 0 Å². The van der Waals surface area contributed by atoms with Crippen LogP contribution in [0, 0.1) is 5.82 Å². The molecule has 0 radical (unpaired) electrons. The predicted molar refractivity (Wildman–Crippen MR) is 79.1 cm³/mol. The minimum absolute atomic E-state index is 0. The fourth-order valence-corrected chi connectivity index (χ4v) is 2.27. The van der Waals surface area contributed by atoms with Crippen molar-refractivity contribution in [2.24, 2.45) is 0 Å². The van der Waals surface area contributed by atoms with Gasteiger partial charge in [-0.05, 0) is 36.5 Å². The normalized spacial score (nSPS) is 20.4. The maximum absolute atomic E-state index is 14.0. The van der Waals surface area contributed by atoms with E-state index in [1.54, 1.807) is 12.1 Å². The Balaban J connectivity index is 0.00000220. The Morgan fingerprint density at radius 3 is 2.85 bits per heavy atom. The van der Waals surface area contributed by atoms with Gasteiger partial charge >= 0.3 is 0 Å². The highest BCUT2D eigenvalue weighted by Gasteiger charge is 2.26. The Bertz CT molecular complexity index is 540. The largest absolute Gasteiger partial charge is 0.374 e. The van der Waals surface area contributed by atoms with E-state index in [4.69, 9.17) is 0 Å². The Hall–Kier alpha value is -1.91. The molecule has 1 fully saturated rings. The van der Waals surface area contributed by atoms with E-state index in [0.29, 0.717) is 24.1 Å². The highest BCUT2D eigenvalue weighted by atomic mass is 19.1. The molecule has 0 aromatic heterocycles. The second-order valence-electron chi connectivity index (χ2n) is 5.19. The lowest BCUT2D eigenvalue weighted by Crippen LogP contribution is -2.47. The van der Waals surface area contributed by atoms with Gasteiger partial charge in [-0.2, -0.15) is 0 Å². The zero-order valence-electron chi connectivity index (χ0n) is 11.7. The van der Waals surface area contributed by atoms with Crippen LogP contribution < -0.4 is 10.6 Å². The molecule has 0 bridgehead atoms. The number of rotatable bonds is 4. The summed E-state index contributed by atoms with van der Waals surface area (Å²) in [5.74, 6) is -0.713. The number of halogens is 1. The quantitative estimate of drug-likeness (QED) is 0.834. The van der Waals surface area contributed by atoms with Gasteiger partial charge in [-0.25, -0.2) is 4.39 Å². The van der Waals surface area contributed by atoms with Crippen LogP contribution in [0.3, 0.4) is 0 Å². The van der Waals surface area contributed by atoms with Gasteiger partial charge in [0.05, 0.1) is 0 Å². The van der Waals surface area contributed by atoms with E-state index in [2.05, 4.69) is 10.6 Å². The van der Waals surface area contributed by atoms with Crippen molar-refractivity contribution in [3.63, 3.8) is 0 Å². The van der Waals surface area contributed by atoms with Crippen LogP contribution in [0.15, 0.2) is 18.2 Å². The van der Waals surface area contributed by atoms with Crippen LogP contribution in [-0.2, 0) is 9.59 Å². The standard InChI is InChI=1S/C15H19FN2O2.2H2/c1-3-9(2)11-5-4-10(8-12(11)16)17-13-6-7-14(19)18-15(13)20;;/h4-5,8-9,13,17H,3,6-7H2,1-2H3,(H,18,19,20);2*1H. The molecule has 5 heteroatoms. The number of carbonyl (C=O) groups is 2. The number of anilines is 1. The SMILES string of the molecule is CCC(C)c1ccc(NC2CCC(=O)NC2=O)cc1F.[HH].[HH]. The van der Waals surface area contributed by atoms with Crippen LogP contribution in [-0.4, -0.2) is 17.9 Å². The maximum Gasteiger partial charge on any atom is 0.249 e. The Labute approximate surface area is 120 Å². The number of imide groups is 1. The molecule has 2 amide bonds. The first-order valence-electron chi connectivity index (χ1n) is 6.91. The van der Waals surface area contributed by atoms with E-state index in [9.17, 15) is 14.0 Å². The van der Waals surface area contributed by atoms with Crippen molar-refractivity contribution in [3.8, 4) is 0 Å². The average molecular weight is 282 g/mol. The van der Waals surface area contributed by atoms with Crippen molar-refractivity contribution in [1.29, 1.82) is 0 Å². The van der Waals surface area contributed by atoms with Crippen molar-refractivity contribution >= 4 is 17.5 Å². The first-order valence-corrected chi connectivity index (χ1v) is 6.91. The second-order valence-corrected chi connectivity index (χ2v) is 5.19. The molecule has 112 valence electrons. The molecule has 1 aromatic carbocycles. The van der Waals surface area contributed by atoms with Crippen molar-refractivity contribution in [2.75, 3.05) is 5.32 Å². The summed E-state index contributed by atoms with van der Waals surface area (Å²) in [7, 11) is 0. The maximum atomic E-state index is 14.0. The summed E-state index contributed by atoms with van der Waals surface area (Å²) >= 11 is 0. The van der Waals surface area contributed by atoms with Gasteiger partial charge in [0.2, 0.25) is 11.8 Å². The molecule has 0 aliphatic carbocycles. The molecule has 2 N–H and O–H groups in total. The molecule has 1 heterocycles. The van der Waals surface area contributed by atoms with Gasteiger partial charge in [-0.3, -0.25) is 14.9 Å². The van der Waals surface area contributed by atoms with Crippen LogP contribution >= 0.6 is 0 Å². The second kappa shape index (κ2) is 6.03. The number of amides is 2. The van der Waals surface area contributed by atoms with Gasteiger partial charge in [-0.15, -0.1) is 0 Å². The fourth-order valence-electron chi connectivity index (χ4n) is 2.27. The van der Waals surface area contributed by atoms with Crippen LogP contribution in [0.2, 0.25) is 0 Å². The molecule has 1 aliphatic rings. The molecule has 20 heavy (non-hydrogen) atoms. The molecule has 1 aliphatic heterocycles. The fraction of sp³-hybridized carbons (Fsp3) is 0.467. The van der Waals surface area contributed by atoms with Gasteiger partial charge in [-0.1, -0.05) is 19.9 Å². The van der Waals surface area contributed by atoms with E-state index < -0.39 is 6.04 Å². The van der Waals surface area contributed by atoms with Crippen molar-refractivity contribution in [3.05, 3.63) is 29.6 Å². The average Bonchev–Trinajstić information content (AvgIpc) is 2.41. The van der Waals surface area contributed by atoms with E-state index in [1.165, 1.54) is 6.07 Å². The lowest BCUT2D eigenvalue weighted by Gasteiger charge is -2.23. The lowest BCUT2D eigenvalue weighted by atomic mass is 9.97. The third-order valence-corrected chi connectivity index (χ3v) is 3.72. The molecule has 1 aromatic rings. The molecular weight excluding hydrogens is 259 g/mol. The Morgan fingerprint density at radius 1 is 1.50 bits per heavy atom. The molecule has 0 spiro atoms. The van der Waals surface area contributed by atoms with Crippen molar-refractivity contribution in [1.82, 2.24) is 5.32 Å². The van der Waals surface area contributed by atoms with Crippen molar-refractivity contribution in [2.45, 2.75) is 45.1 Å². The third-order valence-electron chi connectivity index (χ3n) is 3.72. The third kappa shape index (κ3) is 3.15. The van der Waals surface area contributed by atoms with E-state index in [-0.39, 0.29) is 26.4 Å². The van der Waals surface area contributed by atoms with Crippen LogP contribution in [0.4, 0.5) is 10.1 Å². The molecule has 2 rings (SSSR count). The number of hydrogen-bond donors (Lipinski definition) is 2. The summed E-state index contributed by atoms with van der Waals surface area (Å²) in [6.07, 6.45) is 1.60. The van der Waals surface area contributed by atoms with Gasteiger partial charge < -0.3 is 5.32 Å². The van der Waals surface area contributed by atoms with Crippen LogP contribution in [0.25, 0.3) is 0 Å². The Morgan fingerprint density at radius 2 is 2.25 bits per heavy atom. The molecule has 4 nitrogen and oxygen atoms in total. The topological polar surface area (TPSA) is 58.2 Å². The number of carbonyl (C=O) groups excluding carboxylic acids is 2. The number of benzene rings is 1. The zero-order valence-corrected chi connectivity index (χ0v) is 11.7. The van der Waals surface area contributed by atoms with Gasteiger partial charge in [0.25, 0.3) is 0 Å². The van der Waals surface area contributed by atoms with E-state index >= 15 is 0 Å². The zero-order chi connectivity index (χ0) is 14.7.